The van der Waals surface area contributed by atoms with E-state index < -0.39 is 10.1 Å². The molecule has 1 atom stereocenters. The van der Waals surface area contributed by atoms with Crippen LogP contribution in [0.1, 0.15) is 37.7 Å². The molecule has 1 saturated heterocycles. The summed E-state index contributed by atoms with van der Waals surface area (Å²) in [6.45, 7) is 4.34. The fourth-order valence-corrected chi connectivity index (χ4v) is 4.48. The molecule has 1 fully saturated rings. The van der Waals surface area contributed by atoms with Crippen molar-refractivity contribution >= 4 is 16.1 Å². The molecular formula is C21H35N3O4S. The fraction of sp³-hybridized carbons (Fsp3) is 0.667. The van der Waals surface area contributed by atoms with Crippen LogP contribution in [0.5, 0.6) is 0 Å². The molecule has 1 aliphatic heterocycles. The van der Waals surface area contributed by atoms with Crippen LogP contribution in [-0.2, 0) is 14.3 Å². The van der Waals surface area contributed by atoms with Crippen molar-refractivity contribution in [3.05, 3.63) is 29.8 Å². The Morgan fingerprint density at radius 3 is 2.48 bits per heavy atom. The Kier molecular flexibility index (Phi) is 8.92. The zero-order valence-corrected chi connectivity index (χ0v) is 19.0. The molecule has 0 N–H and O–H groups in total. The normalized spacial score (nSPS) is 17.6. The van der Waals surface area contributed by atoms with Crippen LogP contribution in [0.25, 0.3) is 0 Å². The minimum atomic E-state index is -3.77. The number of likely N-dealkylation sites (tertiary alicyclic amines) is 1. The van der Waals surface area contributed by atoms with E-state index in [4.69, 9.17) is 4.18 Å². The lowest BCUT2D eigenvalue weighted by molar-refractivity contribution is 0.111. The van der Waals surface area contributed by atoms with Crippen molar-refractivity contribution in [2.45, 2.75) is 50.0 Å². The molecule has 1 aliphatic rings. The van der Waals surface area contributed by atoms with Gasteiger partial charge in [0.15, 0.2) is 0 Å². The highest BCUT2D eigenvalue weighted by molar-refractivity contribution is 7.86. The van der Waals surface area contributed by atoms with E-state index in [1.807, 2.05) is 33.0 Å². The Balaban J connectivity index is 1.89. The second kappa shape index (κ2) is 10.9. The van der Waals surface area contributed by atoms with E-state index in [1.165, 1.54) is 0 Å². The first kappa shape index (κ1) is 23.6. The Labute approximate surface area is 175 Å². The fourth-order valence-electron chi connectivity index (χ4n) is 3.56. The molecule has 1 heterocycles. The van der Waals surface area contributed by atoms with Crippen molar-refractivity contribution in [2.24, 2.45) is 0 Å². The maximum absolute atomic E-state index is 12.9. The molecule has 0 spiro atoms. The number of piperidine rings is 1. The highest BCUT2D eigenvalue weighted by Crippen LogP contribution is 2.22. The Morgan fingerprint density at radius 1 is 1.14 bits per heavy atom. The van der Waals surface area contributed by atoms with Crippen LogP contribution < -0.4 is 0 Å². The van der Waals surface area contributed by atoms with Gasteiger partial charge in [0.25, 0.3) is 10.1 Å². The number of rotatable bonds is 9. The summed E-state index contributed by atoms with van der Waals surface area (Å²) in [5.41, 5.74) is 0.995. The molecule has 7 nitrogen and oxygen atoms in total. The van der Waals surface area contributed by atoms with Gasteiger partial charge >= 0.3 is 6.03 Å². The summed E-state index contributed by atoms with van der Waals surface area (Å²) in [5, 5.41) is 0. The molecule has 29 heavy (non-hydrogen) atoms. The van der Waals surface area contributed by atoms with Crippen LogP contribution in [0.3, 0.4) is 0 Å². The monoisotopic (exact) mass is 425 g/mol. The number of carbonyl (C=O) groups excluding carboxylic acids is 1. The second-order valence-electron chi connectivity index (χ2n) is 8.08. The van der Waals surface area contributed by atoms with Crippen LogP contribution >= 0.6 is 0 Å². The van der Waals surface area contributed by atoms with Crippen molar-refractivity contribution in [3.63, 3.8) is 0 Å². The number of hydrogen-bond acceptors (Lipinski definition) is 5. The Hall–Kier alpha value is -1.64. The van der Waals surface area contributed by atoms with E-state index in [0.29, 0.717) is 19.5 Å². The summed E-state index contributed by atoms with van der Waals surface area (Å²) in [7, 11) is 2.11. The van der Waals surface area contributed by atoms with E-state index in [1.54, 1.807) is 29.2 Å². The molecule has 1 unspecified atom stereocenters. The van der Waals surface area contributed by atoms with Gasteiger partial charge in [0.05, 0.1) is 11.5 Å². The van der Waals surface area contributed by atoms with Crippen molar-refractivity contribution in [1.29, 1.82) is 0 Å². The predicted octanol–water partition coefficient (Wildman–Crippen LogP) is 2.95. The predicted molar refractivity (Wildman–Crippen MR) is 114 cm³/mol. The molecule has 0 bridgehead atoms. The first-order valence-corrected chi connectivity index (χ1v) is 11.7. The molecule has 2 rings (SSSR count). The third-order valence-corrected chi connectivity index (χ3v) is 6.62. The number of hydrogen-bond donors (Lipinski definition) is 0. The molecule has 0 aromatic heterocycles. The number of aryl methyl sites for hydroxylation is 1. The quantitative estimate of drug-likeness (QED) is 0.569. The molecule has 1 aromatic rings. The molecule has 1 aromatic carbocycles. The van der Waals surface area contributed by atoms with Gasteiger partial charge in [-0.25, -0.2) is 4.79 Å². The summed E-state index contributed by atoms with van der Waals surface area (Å²) in [5.74, 6) is 0. The molecule has 8 heteroatoms. The zero-order valence-electron chi connectivity index (χ0n) is 18.1. The van der Waals surface area contributed by atoms with Gasteiger partial charge in [-0.15, -0.1) is 0 Å². The van der Waals surface area contributed by atoms with Crippen molar-refractivity contribution in [3.8, 4) is 0 Å². The van der Waals surface area contributed by atoms with Crippen molar-refractivity contribution in [1.82, 2.24) is 14.7 Å². The van der Waals surface area contributed by atoms with Gasteiger partial charge < -0.3 is 14.7 Å². The maximum atomic E-state index is 12.9. The highest BCUT2D eigenvalue weighted by atomic mass is 32.2. The zero-order chi connectivity index (χ0) is 21.4. The van der Waals surface area contributed by atoms with E-state index in [9.17, 15) is 13.2 Å². The third kappa shape index (κ3) is 7.28. The molecule has 2 amide bonds. The lowest BCUT2D eigenvalue weighted by atomic mass is 10.00. The lowest BCUT2D eigenvalue weighted by Gasteiger charge is -2.38. The van der Waals surface area contributed by atoms with Crippen LogP contribution in [0, 0.1) is 6.92 Å². The molecule has 0 saturated carbocycles. The van der Waals surface area contributed by atoms with Crippen LogP contribution in [0.15, 0.2) is 29.2 Å². The van der Waals surface area contributed by atoms with Gasteiger partial charge in [-0.2, -0.15) is 8.42 Å². The standard InChI is InChI=1S/C21H35N3O4S/c1-18-9-11-20(12-10-18)29(26,27)28-17-13-19-8-5-6-16-24(19)21(25)23(4)15-7-14-22(2)3/h9-12,19H,5-8,13-17H2,1-4H3. The van der Waals surface area contributed by atoms with E-state index in [0.717, 1.165) is 37.8 Å². The lowest BCUT2D eigenvalue weighted by Crippen LogP contribution is -2.50. The number of urea groups is 1. The average Bonchev–Trinajstić information content (AvgIpc) is 2.67. The smallest absolute Gasteiger partial charge is 0.319 e. The largest absolute Gasteiger partial charge is 0.328 e. The van der Waals surface area contributed by atoms with Crippen LogP contribution in [-0.4, -0.2) is 82.6 Å². The third-order valence-electron chi connectivity index (χ3n) is 5.30. The summed E-state index contributed by atoms with van der Waals surface area (Å²) in [6, 6.07) is 6.66. The molecular weight excluding hydrogens is 390 g/mol. The summed E-state index contributed by atoms with van der Waals surface area (Å²) >= 11 is 0. The average molecular weight is 426 g/mol. The van der Waals surface area contributed by atoms with Gasteiger partial charge in [0.2, 0.25) is 0 Å². The molecule has 164 valence electrons. The highest BCUT2D eigenvalue weighted by Gasteiger charge is 2.29. The van der Waals surface area contributed by atoms with Crippen molar-refractivity contribution < 1.29 is 17.4 Å². The van der Waals surface area contributed by atoms with Gasteiger partial charge in [-0.05, 0) is 71.8 Å². The van der Waals surface area contributed by atoms with E-state index in [-0.39, 0.29) is 23.6 Å². The number of carbonyl (C=O) groups is 1. The minimum Gasteiger partial charge on any atom is -0.328 e. The number of amides is 2. The molecule has 0 aliphatic carbocycles. The van der Waals surface area contributed by atoms with Gasteiger partial charge in [-0.1, -0.05) is 17.7 Å². The van der Waals surface area contributed by atoms with Crippen molar-refractivity contribution in [2.75, 3.05) is 47.4 Å². The van der Waals surface area contributed by atoms with Crippen LogP contribution in [0.4, 0.5) is 4.79 Å². The number of nitrogens with zero attached hydrogens (tertiary/aromatic N) is 3. The summed E-state index contributed by atoms with van der Waals surface area (Å²) in [6.07, 6.45) is 4.35. The molecule has 0 radical (unpaired) electrons. The number of benzene rings is 1. The van der Waals surface area contributed by atoms with Gasteiger partial charge in [-0.3, -0.25) is 4.18 Å². The summed E-state index contributed by atoms with van der Waals surface area (Å²) < 4.78 is 30.0. The minimum absolute atomic E-state index is 0.0146. The summed E-state index contributed by atoms with van der Waals surface area (Å²) in [4.78, 5) is 18.8. The van der Waals surface area contributed by atoms with E-state index in [2.05, 4.69) is 4.90 Å². The SMILES string of the molecule is Cc1ccc(S(=O)(=O)OCCC2CCCCN2C(=O)N(C)CCCN(C)C)cc1. The van der Waals surface area contributed by atoms with Crippen LogP contribution in [0.2, 0.25) is 0 Å². The first-order chi connectivity index (χ1) is 13.7. The van der Waals surface area contributed by atoms with Gasteiger partial charge in [0.1, 0.15) is 0 Å². The van der Waals surface area contributed by atoms with Gasteiger partial charge in [0, 0.05) is 26.2 Å². The maximum Gasteiger partial charge on any atom is 0.319 e. The second-order valence-corrected chi connectivity index (χ2v) is 9.70. The first-order valence-electron chi connectivity index (χ1n) is 10.3. The topological polar surface area (TPSA) is 70.2 Å². The Bertz CT molecular complexity index is 750. The Morgan fingerprint density at radius 2 is 1.83 bits per heavy atom. The van der Waals surface area contributed by atoms with E-state index >= 15 is 0 Å².